The summed E-state index contributed by atoms with van der Waals surface area (Å²) in [6.07, 6.45) is 1.22. The van der Waals surface area contributed by atoms with Crippen LogP contribution in [0.25, 0.3) is 0 Å². The van der Waals surface area contributed by atoms with E-state index in [4.69, 9.17) is 0 Å². The molecule has 2 heteroatoms. The van der Waals surface area contributed by atoms with E-state index < -0.39 is 18.4 Å². The van der Waals surface area contributed by atoms with Crippen molar-refractivity contribution >= 4 is 18.4 Å². The van der Waals surface area contributed by atoms with Crippen molar-refractivity contribution in [1.82, 2.24) is 4.90 Å². The van der Waals surface area contributed by atoms with Gasteiger partial charge in [-0.3, -0.25) is 0 Å². The van der Waals surface area contributed by atoms with E-state index in [9.17, 15) is 0 Å². The number of rotatable bonds is 5. The third kappa shape index (κ3) is 2.43. The van der Waals surface area contributed by atoms with Crippen molar-refractivity contribution in [2.45, 2.75) is 37.8 Å². The first kappa shape index (κ1) is 16.1. The van der Waals surface area contributed by atoms with Crippen molar-refractivity contribution in [2.75, 3.05) is 6.54 Å². The summed E-state index contributed by atoms with van der Waals surface area (Å²) >= 11 is -2.26. The average molecular weight is 400 g/mol. The molecule has 0 bridgehead atoms. The fourth-order valence-electron chi connectivity index (χ4n) is 4.24. The molecule has 0 saturated carbocycles. The predicted molar refractivity (Wildman–Crippen MR) is 97.6 cm³/mol. The fraction of sp³-hybridized carbons (Fsp3) is 0.400. The van der Waals surface area contributed by atoms with Crippen LogP contribution < -0.4 is 0 Å². The van der Waals surface area contributed by atoms with Gasteiger partial charge >= 0.3 is 139 Å². The molecule has 1 aliphatic heterocycles. The Hall–Kier alpha value is -0.801. The van der Waals surface area contributed by atoms with E-state index in [2.05, 4.69) is 87.3 Å². The van der Waals surface area contributed by atoms with E-state index in [0.717, 1.165) is 0 Å². The van der Waals surface area contributed by atoms with Gasteiger partial charge in [-0.15, -0.1) is 0 Å². The summed E-state index contributed by atoms with van der Waals surface area (Å²) in [5.41, 5.74) is 3.03. The zero-order valence-electron chi connectivity index (χ0n) is 14.2. The third-order valence-corrected chi connectivity index (χ3v) is 14.0. The zero-order valence-corrected chi connectivity index (χ0v) is 17.1. The van der Waals surface area contributed by atoms with Gasteiger partial charge in [0.05, 0.1) is 0 Å². The van der Waals surface area contributed by atoms with Gasteiger partial charge in [-0.2, -0.15) is 0 Å². The molecular weight excluding hydrogens is 373 g/mol. The Bertz CT molecular complexity index is 617. The van der Waals surface area contributed by atoms with Gasteiger partial charge < -0.3 is 0 Å². The molecule has 0 spiro atoms. The first-order valence-corrected chi connectivity index (χ1v) is 18.4. The molecule has 1 heterocycles. The summed E-state index contributed by atoms with van der Waals surface area (Å²) in [6.45, 7) is 3.50. The van der Waals surface area contributed by atoms with Crippen molar-refractivity contribution in [3.05, 3.63) is 71.8 Å². The van der Waals surface area contributed by atoms with E-state index in [0.29, 0.717) is 9.60 Å². The second-order valence-corrected chi connectivity index (χ2v) is 22.4. The molecule has 0 amide bonds. The van der Waals surface area contributed by atoms with Crippen LogP contribution in [-0.4, -0.2) is 29.8 Å². The molecule has 1 aliphatic rings. The molecule has 2 aromatic rings. The molecule has 2 aromatic carbocycles. The first-order chi connectivity index (χ1) is 10.5. The summed E-state index contributed by atoms with van der Waals surface area (Å²) < 4.78 is 0.313. The van der Waals surface area contributed by atoms with Gasteiger partial charge in [0.25, 0.3) is 0 Å². The van der Waals surface area contributed by atoms with Gasteiger partial charge in [-0.1, -0.05) is 0 Å². The Balaban J connectivity index is 2.13. The van der Waals surface area contributed by atoms with Crippen molar-refractivity contribution in [1.29, 1.82) is 0 Å². The number of hydrogen-bond donors (Lipinski definition) is 0. The molecule has 116 valence electrons. The minimum absolute atomic E-state index is 0.313. The molecule has 1 fully saturated rings. The zero-order chi connectivity index (χ0) is 15.8. The second kappa shape index (κ2) is 6.01. The summed E-state index contributed by atoms with van der Waals surface area (Å²) in [5, 5.41) is 0. The molecule has 1 saturated heterocycles. The van der Waals surface area contributed by atoms with Gasteiger partial charge in [0.1, 0.15) is 0 Å². The molecule has 22 heavy (non-hydrogen) atoms. The fourth-order valence-corrected chi connectivity index (χ4v) is 13.4. The molecular formula is C20H27NSn. The van der Waals surface area contributed by atoms with Crippen LogP contribution in [0.4, 0.5) is 0 Å². The van der Waals surface area contributed by atoms with Gasteiger partial charge in [0.2, 0.25) is 0 Å². The SMILES string of the molecule is CCCN1[C@@H](c2ccccc2)[C@@]1(c1ccccc1)[Sn]([CH3])([CH3])[CH3]. The van der Waals surface area contributed by atoms with Crippen molar-refractivity contribution in [3.8, 4) is 0 Å². The summed E-state index contributed by atoms with van der Waals surface area (Å²) in [5.74, 6) is 0. The Morgan fingerprint density at radius 1 is 0.909 bits per heavy atom. The molecule has 1 unspecified atom stereocenters. The maximum absolute atomic E-state index is 2.79. The van der Waals surface area contributed by atoms with Crippen LogP contribution >= 0.6 is 0 Å². The summed E-state index contributed by atoms with van der Waals surface area (Å²) in [4.78, 5) is 10.6. The number of benzene rings is 2. The standard InChI is InChI=1S/C17H18N.3CH3.Sn/c1-2-13-18-16(14-9-5-3-6-10-14)17(18)15-11-7-4-8-12-15;;;;/h3-12,16H,2,13H2,1H3;3*1H3;/t16-,18?;;;;/m0..../s1. The van der Waals surface area contributed by atoms with Crippen LogP contribution in [0.3, 0.4) is 0 Å². The molecule has 1 nitrogen and oxygen atoms in total. The van der Waals surface area contributed by atoms with Gasteiger partial charge in [0.15, 0.2) is 0 Å². The average Bonchev–Trinajstić information content (AvgIpc) is 3.19. The second-order valence-electron chi connectivity index (χ2n) is 7.39. The quantitative estimate of drug-likeness (QED) is 0.491. The van der Waals surface area contributed by atoms with Crippen molar-refractivity contribution in [2.24, 2.45) is 0 Å². The van der Waals surface area contributed by atoms with Gasteiger partial charge in [0, 0.05) is 0 Å². The number of nitrogens with zero attached hydrogens (tertiary/aromatic N) is 1. The Kier molecular flexibility index (Phi) is 4.39. The molecule has 0 aliphatic carbocycles. The molecule has 0 N–H and O–H groups in total. The van der Waals surface area contributed by atoms with E-state index in [-0.39, 0.29) is 0 Å². The topological polar surface area (TPSA) is 3.01 Å². The van der Waals surface area contributed by atoms with Crippen LogP contribution in [0.15, 0.2) is 60.7 Å². The Labute approximate surface area is 139 Å². The summed E-state index contributed by atoms with van der Waals surface area (Å²) in [7, 11) is 0. The first-order valence-electron chi connectivity index (χ1n) is 8.40. The van der Waals surface area contributed by atoms with E-state index in [1.54, 1.807) is 5.56 Å². The maximum atomic E-state index is 2.79. The van der Waals surface area contributed by atoms with Crippen LogP contribution in [-0.2, 0) is 3.55 Å². The molecule has 3 rings (SSSR count). The monoisotopic (exact) mass is 401 g/mol. The van der Waals surface area contributed by atoms with Crippen molar-refractivity contribution < 1.29 is 0 Å². The Morgan fingerprint density at radius 3 is 1.95 bits per heavy atom. The Morgan fingerprint density at radius 2 is 1.45 bits per heavy atom. The van der Waals surface area contributed by atoms with E-state index >= 15 is 0 Å². The van der Waals surface area contributed by atoms with Crippen LogP contribution in [0.5, 0.6) is 0 Å². The van der Waals surface area contributed by atoms with E-state index in [1.807, 2.05) is 0 Å². The molecule has 0 aromatic heterocycles. The predicted octanol–water partition coefficient (Wildman–Crippen LogP) is 5.23. The molecule has 3 atom stereocenters. The van der Waals surface area contributed by atoms with Crippen LogP contribution in [0.2, 0.25) is 14.8 Å². The third-order valence-electron chi connectivity index (χ3n) is 5.03. The minimum atomic E-state index is -2.26. The summed E-state index contributed by atoms with van der Waals surface area (Å²) in [6, 6.07) is 23.0. The van der Waals surface area contributed by atoms with E-state index in [1.165, 1.54) is 18.5 Å². The normalized spacial score (nSPS) is 27.6. The van der Waals surface area contributed by atoms with Gasteiger partial charge in [-0.05, 0) is 0 Å². The molecule has 0 radical (unpaired) electrons. The van der Waals surface area contributed by atoms with Crippen LogP contribution in [0, 0.1) is 0 Å². The van der Waals surface area contributed by atoms with Crippen LogP contribution in [0.1, 0.15) is 30.5 Å². The number of hydrogen-bond acceptors (Lipinski definition) is 1. The van der Waals surface area contributed by atoms with Crippen molar-refractivity contribution in [3.63, 3.8) is 0 Å². The van der Waals surface area contributed by atoms with Gasteiger partial charge in [-0.25, -0.2) is 0 Å².